The molecule has 1 heterocycles. The number of hydrazine groups is 2. The van der Waals surface area contributed by atoms with Crippen molar-refractivity contribution in [2.24, 2.45) is 0 Å². The van der Waals surface area contributed by atoms with E-state index in [0.29, 0.717) is 0 Å². The van der Waals surface area contributed by atoms with Crippen LogP contribution in [-0.2, 0) is 0 Å². The SMILES string of the molecule is CCC1=CNNN1C(=O)SC. The van der Waals surface area contributed by atoms with E-state index in [-0.39, 0.29) is 5.24 Å². The molecule has 0 aliphatic carbocycles. The largest absolute Gasteiger partial charge is 0.309 e. The van der Waals surface area contributed by atoms with Crippen LogP contribution in [0.1, 0.15) is 13.3 Å². The maximum absolute atomic E-state index is 11.1. The smallest absolute Gasteiger partial charge is 0.301 e. The minimum absolute atomic E-state index is 0.00287. The molecule has 0 saturated heterocycles. The van der Waals surface area contributed by atoms with Crippen molar-refractivity contribution in [3.05, 3.63) is 11.9 Å². The third-order valence-corrected chi connectivity index (χ3v) is 1.95. The van der Waals surface area contributed by atoms with Gasteiger partial charge in [-0.25, -0.2) is 5.01 Å². The van der Waals surface area contributed by atoms with Crippen LogP contribution in [0.15, 0.2) is 11.9 Å². The standard InChI is InChI=1S/C6H11N3OS/c1-3-5-4-7-8-9(5)6(10)11-2/h4,7-8H,3H2,1-2H3. The lowest BCUT2D eigenvalue weighted by Gasteiger charge is -2.16. The van der Waals surface area contributed by atoms with Gasteiger partial charge >= 0.3 is 5.24 Å². The van der Waals surface area contributed by atoms with Gasteiger partial charge in [-0.3, -0.25) is 4.79 Å². The molecule has 1 amide bonds. The highest BCUT2D eigenvalue weighted by molar-refractivity contribution is 8.12. The van der Waals surface area contributed by atoms with Gasteiger partial charge in [0, 0.05) is 6.20 Å². The molecule has 0 atom stereocenters. The molecule has 0 spiro atoms. The first-order valence-electron chi connectivity index (χ1n) is 3.38. The first kappa shape index (κ1) is 8.42. The number of nitrogens with zero attached hydrogens (tertiary/aromatic N) is 1. The van der Waals surface area contributed by atoms with E-state index in [4.69, 9.17) is 0 Å². The summed E-state index contributed by atoms with van der Waals surface area (Å²) in [6.07, 6.45) is 4.38. The molecule has 0 aromatic rings. The molecule has 0 bridgehead atoms. The molecule has 0 unspecified atom stereocenters. The molecule has 0 fully saturated rings. The summed E-state index contributed by atoms with van der Waals surface area (Å²) in [6, 6.07) is 0. The second kappa shape index (κ2) is 3.64. The van der Waals surface area contributed by atoms with Crippen molar-refractivity contribution in [1.29, 1.82) is 0 Å². The number of hydrogen-bond acceptors (Lipinski definition) is 4. The van der Waals surface area contributed by atoms with Crippen molar-refractivity contribution in [3.8, 4) is 0 Å². The fraction of sp³-hybridized carbons (Fsp3) is 0.500. The summed E-state index contributed by atoms with van der Waals surface area (Å²) in [6.45, 7) is 2.00. The third kappa shape index (κ3) is 1.66. The van der Waals surface area contributed by atoms with Crippen molar-refractivity contribution in [2.75, 3.05) is 6.26 Å². The number of carbonyl (C=O) groups is 1. The Morgan fingerprint density at radius 1 is 1.82 bits per heavy atom. The number of nitrogens with one attached hydrogen (secondary N) is 2. The van der Waals surface area contributed by atoms with Crippen LogP contribution >= 0.6 is 11.8 Å². The van der Waals surface area contributed by atoms with E-state index in [2.05, 4.69) is 11.0 Å². The molecule has 1 aliphatic rings. The molecule has 2 N–H and O–H groups in total. The van der Waals surface area contributed by atoms with Crippen molar-refractivity contribution < 1.29 is 4.79 Å². The summed E-state index contributed by atoms with van der Waals surface area (Å²) < 4.78 is 0. The lowest BCUT2D eigenvalue weighted by atomic mass is 10.4. The molecule has 0 radical (unpaired) electrons. The van der Waals surface area contributed by atoms with Crippen LogP contribution in [0.5, 0.6) is 0 Å². The molecule has 1 rings (SSSR count). The first-order chi connectivity index (χ1) is 5.29. The summed E-state index contributed by atoms with van der Waals surface area (Å²) in [5.74, 6) is 0. The summed E-state index contributed by atoms with van der Waals surface area (Å²) in [7, 11) is 0. The Morgan fingerprint density at radius 2 is 2.55 bits per heavy atom. The topological polar surface area (TPSA) is 44.4 Å². The number of rotatable bonds is 1. The summed E-state index contributed by atoms with van der Waals surface area (Å²) in [5, 5.41) is 1.51. The molecular weight excluding hydrogens is 162 g/mol. The second-order valence-corrected chi connectivity index (χ2v) is 2.81. The van der Waals surface area contributed by atoms with Crippen LogP contribution in [-0.4, -0.2) is 16.5 Å². The van der Waals surface area contributed by atoms with Gasteiger partial charge in [0.1, 0.15) is 0 Å². The molecule has 1 aliphatic heterocycles. The molecule has 0 saturated carbocycles. The fourth-order valence-corrected chi connectivity index (χ4v) is 1.18. The summed E-state index contributed by atoms with van der Waals surface area (Å²) in [5.41, 5.74) is 6.46. The highest BCUT2D eigenvalue weighted by Crippen LogP contribution is 2.13. The van der Waals surface area contributed by atoms with E-state index in [0.717, 1.165) is 12.1 Å². The normalized spacial score (nSPS) is 16.2. The van der Waals surface area contributed by atoms with Crippen LogP contribution in [0.25, 0.3) is 0 Å². The van der Waals surface area contributed by atoms with Gasteiger partial charge in [0.15, 0.2) is 0 Å². The number of thioether (sulfide) groups is 1. The van der Waals surface area contributed by atoms with Crippen LogP contribution < -0.4 is 11.0 Å². The quantitative estimate of drug-likeness (QED) is 0.622. The first-order valence-corrected chi connectivity index (χ1v) is 4.60. The zero-order valence-corrected chi connectivity index (χ0v) is 7.36. The number of carbonyl (C=O) groups excluding carboxylic acids is 1. The molecule has 11 heavy (non-hydrogen) atoms. The maximum Gasteiger partial charge on any atom is 0.301 e. The van der Waals surface area contributed by atoms with Crippen LogP contribution in [0.3, 0.4) is 0 Å². The number of allylic oxidation sites excluding steroid dienone is 1. The molecule has 62 valence electrons. The maximum atomic E-state index is 11.1. The van der Waals surface area contributed by atoms with E-state index in [1.165, 1.54) is 16.8 Å². The van der Waals surface area contributed by atoms with Gasteiger partial charge < -0.3 is 5.43 Å². The number of amides is 1. The van der Waals surface area contributed by atoms with Crippen molar-refractivity contribution in [3.63, 3.8) is 0 Å². The summed E-state index contributed by atoms with van der Waals surface area (Å²) >= 11 is 1.18. The summed E-state index contributed by atoms with van der Waals surface area (Å²) in [4.78, 5) is 11.1. The monoisotopic (exact) mass is 173 g/mol. The van der Waals surface area contributed by atoms with Crippen molar-refractivity contribution >= 4 is 17.0 Å². The van der Waals surface area contributed by atoms with Crippen LogP contribution in [0.2, 0.25) is 0 Å². The molecule has 0 aromatic carbocycles. The van der Waals surface area contributed by atoms with Gasteiger partial charge in [-0.2, -0.15) is 0 Å². The Bertz CT molecular complexity index is 192. The van der Waals surface area contributed by atoms with E-state index >= 15 is 0 Å². The lowest BCUT2D eigenvalue weighted by molar-refractivity contribution is 0.216. The van der Waals surface area contributed by atoms with Gasteiger partial charge in [-0.1, -0.05) is 18.7 Å². The molecule has 5 heteroatoms. The van der Waals surface area contributed by atoms with Crippen LogP contribution in [0.4, 0.5) is 4.79 Å². The van der Waals surface area contributed by atoms with Gasteiger partial charge in [0.05, 0.1) is 5.70 Å². The fourth-order valence-electron chi connectivity index (χ4n) is 0.831. The van der Waals surface area contributed by atoms with Gasteiger partial charge in [-0.05, 0) is 12.7 Å². The predicted octanol–water partition coefficient (Wildman–Crippen LogP) is 1.05. The van der Waals surface area contributed by atoms with E-state index in [9.17, 15) is 4.79 Å². The minimum Gasteiger partial charge on any atom is -0.309 e. The zero-order chi connectivity index (χ0) is 8.27. The lowest BCUT2D eigenvalue weighted by Crippen LogP contribution is -2.39. The highest BCUT2D eigenvalue weighted by Gasteiger charge is 2.18. The van der Waals surface area contributed by atoms with Crippen LogP contribution in [0, 0.1) is 0 Å². The third-order valence-electron chi connectivity index (χ3n) is 1.42. The Balaban J connectivity index is 2.59. The van der Waals surface area contributed by atoms with Crippen molar-refractivity contribution in [1.82, 2.24) is 16.0 Å². The predicted molar refractivity (Wildman–Crippen MR) is 45.4 cm³/mol. The Hall–Kier alpha value is -0.680. The van der Waals surface area contributed by atoms with E-state index in [1.807, 2.05) is 6.92 Å². The highest BCUT2D eigenvalue weighted by atomic mass is 32.2. The minimum atomic E-state index is 0.00287. The van der Waals surface area contributed by atoms with Gasteiger partial charge in [-0.15, -0.1) is 5.53 Å². The molecule has 4 nitrogen and oxygen atoms in total. The van der Waals surface area contributed by atoms with Crippen molar-refractivity contribution in [2.45, 2.75) is 13.3 Å². The second-order valence-electron chi connectivity index (χ2n) is 2.05. The average molecular weight is 173 g/mol. The van der Waals surface area contributed by atoms with E-state index < -0.39 is 0 Å². The average Bonchev–Trinajstić information content (AvgIpc) is 2.50. The molecule has 0 aromatic heterocycles. The Morgan fingerprint density at radius 3 is 3.09 bits per heavy atom. The Labute approximate surface area is 70.0 Å². The zero-order valence-electron chi connectivity index (χ0n) is 6.55. The number of hydrogen-bond donors (Lipinski definition) is 2. The van der Waals surface area contributed by atoms with Gasteiger partial charge in [0.2, 0.25) is 0 Å². The Kier molecular flexibility index (Phi) is 2.78. The molecular formula is C6H11N3OS. The van der Waals surface area contributed by atoms with Gasteiger partial charge in [0.25, 0.3) is 0 Å². The van der Waals surface area contributed by atoms with E-state index in [1.54, 1.807) is 12.5 Å².